The van der Waals surface area contributed by atoms with Crippen molar-refractivity contribution in [2.24, 2.45) is 0 Å². The molecule has 0 bridgehead atoms. The Morgan fingerprint density at radius 2 is 1.73 bits per heavy atom. The third kappa shape index (κ3) is 2.92. The maximum atomic E-state index is 12.8. The lowest BCUT2D eigenvalue weighted by molar-refractivity contribution is -0.384. The lowest BCUT2D eigenvalue weighted by atomic mass is 9.92. The zero-order chi connectivity index (χ0) is 18.9. The predicted octanol–water partition coefficient (Wildman–Crippen LogP) is 2.24. The summed E-state index contributed by atoms with van der Waals surface area (Å²) in [5.41, 5.74) is -0.707. The second kappa shape index (κ2) is 6.40. The van der Waals surface area contributed by atoms with Gasteiger partial charge in [-0.15, -0.1) is 0 Å². The first-order chi connectivity index (χ1) is 12.3. The number of benzene rings is 2. The Morgan fingerprint density at radius 3 is 2.31 bits per heavy atom. The summed E-state index contributed by atoms with van der Waals surface area (Å²) in [5.74, 6) is -0.942. The summed E-state index contributed by atoms with van der Waals surface area (Å²) in [6, 6.07) is 13.0. The lowest BCUT2D eigenvalue weighted by Gasteiger charge is -2.22. The van der Waals surface area contributed by atoms with E-state index in [1.165, 1.54) is 31.2 Å². The van der Waals surface area contributed by atoms with Crippen molar-refractivity contribution in [1.82, 2.24) is 10.2 Å². The summed E-state index contributed by atoms with van der Waals surface area (Å²) in [7, 11) is 0. The lowest BCUT2D eigenvalue weighted by Crippen LogP contribution is -2.41. The van der Waals surface area contributed by atoms with Gasteiger partial charge in [0.1, 0.15) is 5.54 Å². The highest BCUT2D eigenvalue weighted by Crippen LogP contribution is 2.30. The van der Waals surface area contributed by atoms with Gasteiger partial charge in [0, 0.05) is 17.7 Å². The van der Waals surface area contributed by atoms with E-state index >= 15 is 0 Å². The predicted molar refractivity (Wildman–Crippen MR) is 91.5 cm³/mol. The number of nitro groups is 1. The maximum absolute atomic E-state index is 12.8. The second-order valence-electron chi connectivity index (χ2n) is 6.04. The van der Waals surface area contributed by atoms with E-state index in [0.29, 0.717) is 11.1 Å². The summed E-state index contributed by atoms with van der Waals surface area (Å²) in [4.78, 5) is 48.4. The highest BCUT2D eigenvalue weighted by atomic mass is 16.6. The topological polar surface area (TPSA) is 110 Å². The zero-order valence-electron chi connectivity index (χ0n) is 13.8. The van der Waals surface area contributed by atoms with E-state index in [9.17, 15) is 24.5 Å². The Bertz CT molecular complexity index is 895. The van der Waals surface area contributed by atoms with Gasteiger partial charge in [0.05, 0.1) is 11.5 Å². The molecule has 1 N–H and O–H groups in total. The molecule has 1 aliphatic heterocycles. The first-order valence-electron chi connectivity index (χ1n) is 7.80. The number of carbonyl (C=O) groups is 3. The third-order valence-electron chi connectivity index (χ3n) is 4.33. The largest absolute Gasteiger partial charge is 0.325 e. The highest BCUT2D eigenvalue weighted by molar-refractivity contribution is 6.11. The minimum Gasteiger partial charge on any atom is -0.319 e. The number of Topliss-reactive ketones (excluding diaryl/α,β-unsaturated/α-hetero) is 1. The van der Waals surface area contributed by atoms with Gasteiger partial charge in [-0.3, -0.25) is 24.6 Å². The molecular weight excluding hydrogens is 338 g/mol. The average Bonchev–Trinajstić information content (AvgIpc) is 2.86. The van der Waals surface area contributed by atoms with E-state index in [-0.39, 0.29) is 18.0 Å². The summed E-state index contributed by atoms with van der Waals surface area (Å²) >= 11 is 0. The summed E-state index contributed by atoms with van der Waals surface area (Å²) in [5, 5.41) is 13.3. The Balaban J connectivity index is 1.83. The van der Waals surface area contributed by atoms with Crippen LogP contribution in [0.2, 0.25) is 0 Å². The number of hydrogen-bond donors (Lipinski definition) is 1. The SMILES string of the molecule is C[C@@]1(c2ccc([N+](=O)[O-])cc2)NC(=O)N(CC(=O)c2ccccc2)C1=O. The number of carbonyl (C=O) groups excluding carboxylic acids is 3. The van der Waals surface area contributed by atoms with Crippen molar-refractivity contribution in [3.05, 3.63) is 75.8 Å². The first-order valence-corrected chi connectivity index (χ1v) is 7.80. The molecule has 0 spiro atoms. The second-order valence-corrected chi connectivity index (χ2v) is 6.04. The van der Waals surface area contributed by atoms with Crippen LogP contribution in [-0.2, 0) is 10.3 Å². The maximum Gasteiger partial charge on any atom is 0.325 e. The third-order valence-corrected chi connectivity index (χ3v) is 4.33. The number of ketones is 1. The fourth-order valence-electron chi connectivity index (χ4n) is 2.81. The van der Waals surface area contributed by atoms with Crippen LogP contribution in [0.15, 0.2) is 54.6 Å². The van der Waals surface area contributed by atoms with Gasteiger partial charge >= 0.3 is 6.03 Å². The van der Waals surface area contributed by atoms with Gasteiger partial charge in [0.2, 0.25) is 0 Å². The molecule has 8 nitrogen and oxygen atoms in total. The van der Waals surface area contributed by atoms with Crippen molar-refractivity contribution in [2.45, 2.75) is 12.5 Å². The van der Waals surface area contributed by atoms with Crippen molar-refractivity contribution in [3.63, 3.8) is 0 Å². The molecule has 1 heterocycles. The van der Waals surface area contributed by atoms with Crippen LogP contribution in [0, 0.1) is 10.1 Å². The molecule has 1 saturated heterocycles. The van der Waals surface area contributed by atoms with Crippen molar-refractivity contribution >= 4 is 23.4 Å². The number of nitrogens with zero attached hydrogens (tertiary/aromatic N) is 2. The van der Waals surface area contributed by atoms with Crippen molar-refractivity contribution in [2.75, 3.05) is 6.54 Å². The molecule has 0 saturated carbocycles. The molecular formula is C18H15N3O5. The van der Waals surface area contributed by atoms with E-state index in [1.54, 1.807) is 30.3 Å². The number of rotatable bonds is 5. The van der Waals surface area contributed by atoms with Crippen LogP contribution in [0.25, 0.3) is 0 Å². The summed E-state index contributed by atoms with van der Waals surface area (Å²) in [6.45, 7) is 1.12. The Labute approximate surface area is 148 Å². The number of non-ortho nitro benzene ring substituents is 1. The van der Waals surface area contributed by atoms with E-state index in [4.69, 9.17) is 0 Å². The van der Waals surface area contributed by atoms with Crippen LogP contribution < -0.4 is 5.32 Å². The standard InChI is InChI=1S/C18H15N3O5/c1-18(13-7-9-14(10-8-13)21(25)26)16(23)20(17(24)19-18)11-15(22)12-5-3-2-4-6-12/h2-10H,11H2,1H3,(H,19,24)/t18-/m0/s1. The first kappa shape index (κ1) is 17.3. The number of urea groups is 1. The van der Waals surface area contributed by atoms with Crippen molar-refractivity contribution in [1.29, 1.82) is 0 Å². The Morgan fingerprint density at radius 1 is 1.12 bits per heavy atom. The molecule has 0 unspecified atom stereocenters. The fourth-order valence-corrected chi connectivity index (χ4v) is 2.81. The smallest absolute Gasteiger partial charge is 0.319 e. The van der Waals surface area contributed by atoms with E-state index in [1.807, 2.05) is 0 Å². The molecule has 2 aromatic rings. The number of amides is 3. The minimum atomic E-state index is -1.39. The van der Waals surface area contributed by atoms with Gasteiger partial charge in [0.15, 0.2) is 5.78 Å². The molecule has 8 heteroatoms. The van der Waals surface area contributed by atoms with Crippen LogP contribution in [0.5, 0.6) is 0 Å². The van der Waals surface area contributed by atoms with Crippen LogP contribution in [0.3, 0.4) is 0 Å². The Hall–Kier alpha value is -3.55. The normalized spacial score (nSPS) is 19.3. The van der Waals surface area contributed by atoms with Gasteiger partial charge in [-0.25, -0.2) is 4.79 Å². The molecule has 0 aliphatic carbocycles. The summed E-state index contributed by atoms with van der Waals surface area (Å²) in [6.07, 6.45) is 0. The van der Waals surface area contributed by atoms with Gasteiger partial charge in [0.25, 0.3) is 11.6 Å². The zero-order valence-corrected chi connectivity index (χ0v) is 13.8. The van der Waals surface area contributed by atoms with Crippen LogP contribution in [0.4, 0.5) is 10.5 Å². The van der Waals surface area contributed by atoms with Gasteiger partial charge in [-0.05, 0) is 24.6 Å². The number of nitro benzene ring substituents is 1. The number of nitrogens with one attached hydrogen (secondary N) is 1. The van der Waals surface area contributed by atoms with Crippen molar-refractivity contribution < 1.29 is 19.3 Å². The van der Waals surface area contributed by atoms with Gasteiger partial charge in [-0.2, -0.15) is 0 Å². The molecule has 3 rings (SSSR count). The van der Waals surface area contributed by atoms with Crippen LogP contribution >= 0.6 is 0 Å². The molecule has 1 aliphatic rings. The number of imide groups is 1. The fraction of sp³-hybridized carbons (Fsp3) is 0.167. The van der Waals surface area contributed by atoms with Crippen molar-refractivity contribution in [3.8, 4) is 0 Å². The van der Waals surface area contributed by atoms with E-state index in [0.717, 1.165) is 4.90 Å². The molecule has 0 aromatic heterocycles. The van der Waals surface area contributed by atoms with E-state index in [2.05, 4.69) is 5.32 Å². The molecule has 2 aromatic carbocycles. The molecule has 3 amide bonds. The van der Waals surface area contributed by atoms with Gasteiger partial charge in [-0.1, -0.05) is 30.3 Å². The molecule has 1 fully saturated rings. The van der Waals surface area contributed by atoms with E-state index < -0.39 is 22.4 Å². The monoisotopic (exact) mass is 353 g/mol. The molecule has 132 valence electrons. The highest BCUT2D eigenvalue weighted by Gasteiger charge is 2.49. The summed E-state index contributed by atoms with van der Waals surface area (Å²) < 4.78 is 0. The molecule has 26 heavy (non-hydrogen) atoms. The van der Waals surface area contributed by atoms with Crippen LogP contribution in [-0.4, -0.2) is 34.1 Å². The minimum absolute atomic E-state index is 0.120. The quantitative estimate of drug-likeness (QED) is 0.384. The van der Waals surface area contributed by atoms with Gasteiger partial charge < -0.3 is 5.32 Å². The van der Waals surface area contributed by atoms with Crippen LogP contribution in [0.1, 0.15) is 22.8 Å². The number of hydrogen-bond acceptors (Lipinski definition) is 5. The molecule has 1 atom stereocenters. The Kier molecular flexibility index (Phi) is 4.25. The molecule has 0 radical (unpaired) electrons. The average molecular weight is 353 g/mol.